The largest absolute Gasteiger partial charge is 0.486 e. The lowest BCUT2D eigenvalue weighted by Gasteiger charge is -2.19. The molecule has 2 aromatic carbocycles. The quantitative estimate of drug-likeness (QED) is 0.605. The zero-order valence-corrected chi connectivity index (χ0v) is 17.1. The van der Waals surface area contributed by atoms with Crippen LogP contribution in [0.3, 0.4) is 0 Å². The Hall–Kier alpha value is -3.13. The normalized spacial score (nSPS) is 12.5. The molecule has 0 saturated carbocycles. The van der Waals surface area contributed by atoms with Crippen LogP contribution in [-0.2, 0) is 13.6 Å². The predicted molar refractivity (Wildman–Crippen MR) is 112 cm³/mol. The molecular formula is C21H22N4O3S. The number of anilines is 1. The minimum atomic E-state index is -0.124. The van der Waals surface area contributed by atoms with Crippen molar-refractivity contribution in [3.63, 3.8) is 0 Å². The topological polar surface area (TPSA) is 77.4 Å². The van der Waals surface area contributed by atoms with Crippen LogP contribution in [-0.4, -0.2) is 28.9 Å². The van der Waals surface area contributed by atoms with Gasteiger partial charge < -0.3 is 19.5 Å². The molecule has 0 radical (unpaired) electrons. The Bertz CT molecular complexity index is 1030. The molecular weight excluding hydrogens is 388 g/mol. The van der Waals surface area contributed by atoms with Gasteiger partial charge in [-0.1, -0.05) is 6.07 Å². The van der Waals surface area contributed by atoms with E-state index in [0.29, 0.717) is 25.3 Å². The third kappa shape index (κ3) is 4.65. The van der Waals surface area contributed by atoms with Crippen molar-refractivity contribution < 1.29 is 14.3 Å². The number of ether oxygens (including phenoxy) is 2. The number of fused-ring (bicyclic) bond motifs is 1. The van der Waals surface area contributed by atoms with Crippen molar-refractivity contribution in [3.8, 4) is 11.5 Å². The summed E-state index contributed by atoms with van der Waals surface area (Å²) in [6, 6.07) is 11.5. The molecule has 1 aromatic heterocycles. The lowest BCUT2D eigenvalue weighted by molar-refractivity contribution is 0.0951. The molecule has 0 saturated heterocycles. The van der Waals surface area contributed by atoms with Gasteiger partial charge in [0.1, 0.15) is 13.2 Å². The van der Waals surface area contributed by atoms with E-state index in [0.717, 1.165) is 33.2 Å². The molecule has 4 rings (SSSR count). The zero-order valence-electron chi connectivity index (χ0n) is 16.3. The Morgan fingerprint density at radius 3 is 2.79 bits per heavy atom. The van der Waals surface area contributed by atoms with Crippen LogP contribution in [0.5, 0.6) is 11.5 Å². The van der Waals surface area contributed by atoms with Gasteiger partial charge in [-0.3, -0.25) is 9.48 Å². The van der Waals surface area contributed by atoms with Gasteiger partial charge in [0.2, 0.25) is 0 Å². The second kappa shape index (κ2) is 8.48. The molecule has 2 N–H and O–H groups in total. The number of aryl methyl sites for hydroxylation is 2. The van der Waals surface area contributed by atoms with Crippen LogP contribution in [0.25, 0.3) is 0 Å². The van der Waals surface area contributed by atoms with Gasteiger partial charge >= 0.3 is 0 Å². The molecule has 3 aromatic rings. The van der Waals surface area contributed by atoms with Gasteiger partial charge in [-0.25, -0.2) is 0 Å². The first kappa shape index (κ1) is 19.2. The van der Waals surface area contributed by atoms with E-state index in [9.17, 15) is 4.79 Å². The van der Waals surface area contributed by atoms with Gasteiger partial charge in [-0.05, 0) is 54.8 Å². The molecule has 1 aliphatic rings. The third-order valence-electron chi connectivity index (χ3n) is 4.50. The number of hydrogen-bond acceptors (Lipinski definition) is 6. The minimum absolute atomic E-state index is 0.124. The summed E-state index contributed by atoms with van der Waals surface area (Å²) in [5.41, 5.74) is 3.50. The number of carbonyl (C=O) groups is 1. The number of carbonyl (C=O) groups excluding carboxylic acids is 1. The van der Waals surface area contributed by atoms with E-state index < -0.39 is 0 Å². The number of nitrogens with zero attached hydrogens (tertiary/aromatic N) is 2. The molecule has 150 valence electrons. The molecule has 0 aliphatic carbocycles. The summed E-state index contributed by atoms with van der Waals surface area (Å²) < 4.78 is 16.2. The lowest BCUT2D eigenvalue weighted by Crippen LogP contribution is -2.22. The average Bonchev–Trinajstić information content (AvgIpc) is 3.16. The Labute approximate surface area is 173 Å². The molecule has 0 fully saturated rings. The highest BCUT2D eigenvalue weighted by Crippen LogP contribution is 2.34. The van der Waals surface area contributed by atoms with Gasteiger partial charge in [0.05, 0.1) is 6.20 Å². The van der Waals surface area contributed by atoms with Crippen LogP contribution < -0.4 is 19.5 Å². The highest BCUT2D eigenvalue weighted by atomic mass is 32.2. The van der Waals surface area contributed by atoms with Crippen LogP contribution >= 0.6 is 11.9 Å². The summed E-state index contributed by atoms with van der Waals surface area (Å²) >= 11 is 1.47. The van der Waals surface area contributed by atoms with E-state index in [1.54, 1.807) is 10.9 Å². The second-order valence-electron chi connectivity index (χ2n) is 6.74. The van der Waals surface area contributed by atoms with E-state index in [4.69, 9.17) is 9.47 Å². The number of amides is 1. The number of aromatic nitrogens is 2. The van der Waals surface area contributed by atoms with Crippen molar-refractivity contribution in [3.05, 3.63) is 65.5 Å². The maximum absolute atomic E-state index is 12.5. The number of hydrogen-bond donors (Lipinski definition) is 2. The monoisotopic (exact) mass is 410 g/mol. The van der Waals surface area contributed by atoms with E-state index >= 15 is 0 Å². The third-order valence-corrected chi connectivity index (χ3v) is 5.32. The number of benzene rings is 2. The summed E-state index contributed by atoms with van der Waals surface area (Å²) in [6.45, 7) is 3.58. The molecule has 8 heteroatoms. The Morgan fingerprint density at radius 2 is 2.00 bits per heavy atom. The van der Waals surface area contributed by atoms with Gasteiger partial charge in [-0.2, -0.15) is 5.10 Å². The molecule has 2 heterocycles. The minimum Gasteiger partial charge on any atom is -0.486 e. The lowest BCUT2D eigenvalue weighted by atomic mass is 10.1. The van der Waals surface area contributed by atoms with Crippen LogP contribution in [0.1, 0.15) is 21.5 Å². The average molecular weight is 410 g/mol. The molecule has 0 bridgehead atoms. The van der Waals surface area contributed by atoms with Crippen LogP contribution in [0.2, 0.25) is 0 Å². The van der Waals surface area contributed by atoms with Gasteiger partial charge in [0.25, 0.3) is 5.91 Å². The van der Waals surface area contributed by atoms with E-state index in [2.05, 4.69) is 15.1 Å². The van der Waals surface area contributed by atoms with Crippen molar-refractivity contribution in [2.75, 3.05) is 17.9 Å². The Kier molecular flexibility index (Phi) is 5.62. The zero-order chi connectivity index (χ0) is 20.2. The summed E-state index contributed by atoms with van der Waals surface area (Å²) in [5.74, 6) is 1.40. The smallest absolute Gasteiger partial charge is 0.251 e. The highest BCUT2D eigenvalue weighted by molar-refractivity contribution is 8.00. The molecule has 0 unspecified atom stereocenters. The van der Waals surface area contributed by atoms with Crippen LogP contribution in [0, 0.1) is 6.92 Å². The second-order valence-corrected chi connectivity index (χ2v) is 7.62. The molecule has 1 amide bonds. The Morgan fingerprint density at radius 1 is 1.17 bits per heavy atom. The standard InChI is InChI=1S/C21H22N4O3S/c1-14-3-4-16(21(26)22-11-15-12-23-25(2)13-15)9-18(14)24-29-17-5-6-19-20(10-17)28-8-7-27-19/h3-6,9-10,12-13,24H,7-8,11H2,1-2H3,(H,22,26). The highest BCUT2D eigenvalue weighted by Gasteiger charge is 2.13. The first-order chi connectivity index (χ1) is 14.1. The Balaban J connectivity index is 1.40. The molecule has 29 heavy (non-hydrogen) atoms. The summed E-state index contributed by atoms with van der Waals surface area (Å²) in [7, 11) is 1.85. The van der Waals surface area contributed by atoms with Crippen molar-refractivity contribution in [1.29, 1.82) is 0 Å². The van der Waals surface area contributed by atoms with Gasteiger partial charge in [-0.15, -0.1) is 0 Å². The molecule has 0 atom stereocenters. The van der Waals surface area contributed by atoms with Crippen LogP contribution in [0.15, 0.2) is 53.7 Å². The summed E-state index contributed by atoms with van der Waals surface area (Å²) in [6.07, 6.45) is 3.62. The van der Waals surface area contributed by atoms with Crippen molar-refractivity contribution in [2.24, 2.45) is 7.05 Å². The van der Waals surface area contributed by atoms with E-state index in [-0.39, 0.29) is 5.91 Å². The SMILES string of the molecule is Cc1ccc(C(=O)NCc2cnn(C)c2)cc1NSc1ccc2c(c1)OCCO2. The number of nitrogens with one attached hydrogen (secondary N) is 2. The molecule has 1 aliphatic heterocycles. The first-order valence-corrected chi connectivity index (χ1v) is 10.1. The fourth-order valence-corrected chi connectivity index (χ4v) is 3.67. The first-order valence-electron chi connectivity index (χ1n) is 9.27. The fraction of sp³-hybridized carbons (Fsp3) is 0.238. The fourth-order valence-electron chi connectivity index (χ4n) is 2.92. The maximum Gasteiger partial charge on any atom is 0.251 e. The van der Waals surface area contributed by atoms with E-state index in [1.165, 1.54) is 11.9 Å². The summed E-state index contributed by atoms with van der Waals surface area (Å²) in [5, 5.41) is 7.03. The maximum atomic E-state index is 12.5. The molecule has 0 spiro atoms. The van der Waals surface area contributed by atoms with Gasteiger partial charge in [0, 0.05) is 41.5 Å². The number of rotatable bonds is 6. The predicted octanol–water partition coefficient (Wildman–Crippen LogP) is 3.55. The summed E-state index contributed by atoms with van der Waals surface area (Å²) in [4.78, 5) is 13.5. The van der Waals surface area contributed by atoms with Gasteiger partial charge in [0.15, 0.2) is 11.5 Å². The van der Waals surface area contributed by atoms with Crippen molar-refractivity contribution in [2.45, 2.75) is 18.4 Å². The van der Waals surface area contributed by atoms with Crippen molar-refractivity contribution in [1.82, 2.24) is 15.1 Å². The van der Waals surface area contributed by atoms with E-state index in [1.807, 2.05) is 56.6 Å². The molecule has 7 nitrogen and oxygen atoms in total. The van der Waals surface area contributed by atoms with Crippen LogP contribution in [0.4, 0.5) is 5.69 Å². The van der Waals surface area contributed by atoms with Crippen molar-refractivity contribution >= 4 is 23.5 Å².